The van der Waals surface area contributed by atoms with Gasteiger partial charge in [-0.3, -0.25) is 0 Å². The number of para-hydroxylation sites is 1. The standard InChI is InChI=1S/C19H16N3/c1-15-14-18(16-8-4-2-5-9-16)20-19-12-13-21(22(15)19)17-10-6-3-7-11-17/h2-14H,1H3/q+1. The van der Waals surface area contributed by atoms with E-state index in [1.54, 1.807) is 0 Å². The van der Waals surface area contributed by atoms with E-state index in [9.17, 15) is 0 Å². The van der Waals surface area contributed by atoms with E-state index in [2.05, 4.69) is 52.6 Å². The molecule has 0 spiro atoms. The first-order chi connectivity index (χ1) is 10.8. The van der Waals surface area contributed by atoms with E-state index in [4.69, 9.17) is 4.98 Å². The van der Waals surface area contributed by atoms with Gasteiger partial charge in [0.05, 0.1) is 17.5 Å². The van der Waals surface area contributed by atoms with E-state index in [1.165, 1.54) is 0 Å². The summed E-state index contributed by atoms with van der Waals surface area (Å²) in [5.41, 5.74) is 5.37. The van der Waals surface area contributed by atoms with Crippen LogP contribution in [0.3, 0.4) is 0 Å². The Morgan fingerprint density at radius 3 is 2.27 bits per heavy atom. The Balaban J connectivity index is 1.92. The van der Waals surface area contributed by atoms with Crippen LogP contribution in [0.2, 0.25) is 0 Å². The molecule has 106 valence electrons. The molecule has 0 radical (unpaired) electrons. The van der Waals surface area contributed by atoms with Gasteiger partial charge in [0.1, 0.15) is 0 Å². The van der Waals surface area contributed by atoms with Gasteiger partial charge in [-0.15, -0.1) is 4.52 Å². The number of hydrogen-bond donors (Lipinski definition) is 0. The fourth-order valence-electron chi connectivity index (χ4n) is 2.77. The second-order valence-electron chi connectivity index (χ2n) is 5.31. The summed E-state index contributed by atoms with van der Waals surface area (Å²) in [6.45, 7) is 2.11. The van der Waals surface area contributed by atoms with Crippen LogP contribution in [0, 0.1) is 6.92 Å². The minimum absolute atomic E-state index is 0.947. The molecule has 0 saturated heterocycles. The molecular formula is C19H16N3+. The molecule has 0 amide bonds. The molecule has 22 heavy (non-hydrogen) atoms. The summed E-state index contributed by atoms with van der Waals surface area (Å²) in [4.78, 5) is 4.79. The fraction of sp³-hybridized carbons (Fsp3) is 0.0526. The molecule has 4 rings (SSSR count). The lowest BCUT2D eigenvalue weighted by Crippen LogP contribution is -2.37. The molecule has 0 unspecified atom stereocenters. The Morgan fingerprint density at radius 2 is 1.55 bits per heavy atom. The molecule has 0 aliphatic rings. The zero-order chi connectivity index (χ0) is 14.9. The van der Waals surface area contributed by atoms with E-state index < -0.39 is 0 Å². The van der Waals surface area contributed by atoms with Crippen LogP contribution < -0.4 is 4.68 Å². The zero-order valence-corrected chi connectivity index (χ0v) is 12.3. The lowest BCUT2D eigenvalue weighted by atomic mass is 10.1. The number of benzene rings is 2. The Kier molecular flexibility index (Phi) is 2.97. The minimum atomic E-state index is 0.947. The first kappa shape index (κ1) is 12.8. The number of aryl methyl sites for hydroxylation is 1. The maximum absolute atomic E-state index is 4.79. The number of aromatic nitrogens is 3. The molecule has 2 aromatic carbocycles. The summed E-state index contributed by atoms with van der Waals surface area (Å²) < 4.78 is 4.24. The van der Waals surface area contributed by atoms with Crippen molar-refractivity contribution < 1.29 is 4.68 Å². The second-order valence-corrected chi connectivity index (χ2v) is 5.31. The molecular weight excluding hydrogens is 270 g/mol. The smallest absolute Gasteiger partial charge is 0.225 e. The predicted molar refractivity (Wildman–Crippen MR) is 86.9 cm³/mol. The van der Waals surface area contributed by atoms with Gasteiger partial charge in [-0.2, -0.15) is 0 Å². The van der Waals surface area contributed by atoms with Gasteiger partial charge in [0.15, 0.2) is 0 Å². The van der Waals surface area contributed by atoms with Crippen LogP contribution in [0.5, 0.6) is 0 Å². The molecule has 3 nitrogen and oxygen atoms in total. The largest absolute Gasteiger partial charge is 0.236 e. The Bertz CT molecular complexity index is 925. The van der Waals surface area contributed by atoms with Gasteiger partial charge in [-0.25, -0.2) is 4.98 Å². The molecule has 3 heteroatoms. The average molecular weight is 286 g/mol. The van der Waals surface area contributed by atoms with Crippen molar-refractivity contribution in [2.24, 2.45) is 0 Å². The van der Waals surface area contributed by atoms with Crippen LogP contribution >= 0.6 is 0 Å². The van der Waals surface area contributed by atoms with Crippen molar-refractivity contribution in [2.45, 2.75) is 6.92 Å². The van der Waals surface area contributed by atoms with Crippen molar-refractivity contribution in [3.05, 3.63) is 84.7 Å². The third-order valence-corrected chi connectivity index (χ3v) is 3.80. The predicted octanol–water partition coefficient (Wildman–Crippen LogP) is 3.59. The molecule has 0 atom stereocenters. The first-order valence-corrected chi connectivity index (χ1v) is 7.35. The maximum Gasteiger partial charge on any atom is 0.236 e. The quantitative estimate of drug-likeness (QED) is 0.516. The molecule has 0 saturated carbocycles. The van der Waals surface area contributed by atoms with E-state index in [-0.39, 0.29) is 0 Å². The van der Waals surface area contributed by atoms with Crippen LogP contribution in [0.4, 0.5) is 0 Å². The number of nitrogens with zero attached hydrogens (tertiary/aromatic N) is 3. The van der Waals surface area contributed by atoms with Gasteiger partial charge >= 0.3 is 0 Å². The normalized spacial score (nSPS) is 11.0. The van der Waals surface area contributed by atoms with Crippen LogP contribution in [0.25, 0.3) is 22.6 Å². The van der Waals surface area contributed by atoms with Gasteiger partial charge in [0.2, 0.25) is 17.5 Å². The zero-order valence-electron chi connectivity index (χ0n) is 12.3. The fourth-order valence-corrected chi connectivity index (χ4v) is 2.77. The summed E-state index contributed by atoms with van der Waals surface area (Å²) in [6.07, 6.45) is 2.06. The molecule has 0 fully saturated rings. The van der Waals surface area contributed by atoms with E-state index in [0.717, 1.165) is 28.3 Å². The van der Waals surface area contributed by atoms with Gasteiger partial charge < -0.3 is 0 Å². The molecule has 4 aromatic rings. The minimum Gasteiger partial charge on any atom is -0.225 e. The topological polar surface area (TPSA) is 21.2 Å². The lowest BCUT2D eigenvalue weighted by Gasteiger charge is -2.04. The summed E-state index contributed by atoms with van der Waals surface area (Å²) in [5, 5.41) is 0. The van der Waals surface area contributed by atoms with Crippen molar-refractivity contribution >= 4 is 5.65 Å². The molecule has 0 bridgehead atoms. The summed E-state index contributed by atoms with van der Waals surface area (Å²) >= 11 is 0. The number of rotatable bonds is 2. The third-order valence-electron chi connectivity index (χ3n) is 3.80. The third kappa shape index (κ3) is 2.07. The van der Waals surface area contributed by atoms with Crippen LogP contribution in [-0.2, 0) is 0 Å². The monoisotopic (exact) mass is 286 g/mol. The Labute approximate surface area is 129 Å². The van der Waals surface area contributed by atoms with Crippen molar-refractivity contribution in [3.63, 3.8) is 0 Å². The molecule has 0 aliphatic carbocycles. The maximum atomic E-state index is 4.79. The van der Waals surface area contributed by atoms with E-state index >= 15 is 0 Å². The average Bonchev–Trinajstić information content (AvgIpc) is 3.01. The van der Waals surface area contributed by atoms with Gasteiger partial charge in [0.25, 0.3) is 0 Å². The summed E-state index contributed by atoms with van der Waals surface area (Å²) in [5.74, 6) is 0. The van der Waals surface area contributed by atoms with Crippen molar-refractivity contribution in [3.8, 4) is 16.9 Å². The summed E-state index contributed by atoms with van der Waals surface area (Å²) in [7, 11) is 0. The second kappa shape index (κ2) is 5.11. The van der Waals surface area contributed by atoms with Crippen molar-refractivity contribution in [2.75, 3.05) is 0 Å². The molecule has 0 N–H and O–H groups in total. The van der Waals surface area contributed by atoms with E-state index in [0.29, 0.717) is 0 Å². The SMILES string of the molecule is Cc1cc(-c2ccccc2)nc2cc[n+](-c3ccccc3)n12. The first-order valence-electron chi connectivity index (χ1n) is 7.35. The van der Waals surface area contributed by atoms with Crippen LogP contribution in [0.15, 0.2) is 79.0 Å². The highest BCUT2D eigenvalue weighted by atomic mass is 15.4. The van der Waals surface area contributed by atoms with Gasteiger partial charge in [-0.1, -0.05) is 53.2 Å². The Hall–Kier alpha value is -2.94. The highest BCUT2D eigenvalue weighted by Crippen LogP contribution is 2.19. The highest BCUT2D eigenvalue weighted by Gasteiger charge is 2.16. The van der Waals surface area contributed by atoms with Gasteiger partial charge in [-0.05, 0) is 13.0 Å². The van der Waals surface area contributed by atoms with Gasteiger partial charge in [0, 0.05) is 17.7 Å². The molecule has 2 aromatic heterocycles. The van der Waals surface area contributed by atoms with Crippen LogP contribution in [-0.4, -0.2) is 9.50 Å². The van der Waals surface area contributed by atoms with Crippen LogP contribution in [0.1, 0.15) is 5.69 Å². The van der Waals surface area contributed by atoms with Crippen molar-refractivity contribution in [1.82, 2.24) is 9.50 Å². The highest BCUT2D eigenvalue weighted by molar-refractivity contribution is 5.61. The molecule has 0 aliphatic heterocycles. The number of fused-ring (bicyclic) bond motifs is 1. The lowest BCUT2D eigenvalue weighted by molar-refractivity contribution is -0.668. The van der Waals surface area contributed by atoms with E-state index in [1.807, 2.05) is 42.5 Å². The number of hydrogen-bond acceptors (Lipinski definition) is 1. The Morgan fingerprint density at radius 1 is 0.864 bits per heavy atom. The molecule has 2 heterocycles. The van der Waals surface area contributed by atoms with Crippen molar-refractivity contribution in [1.29, 1.82) is 0 Å². The summed E-state index contributed by atoms with van der Waals surface area (Å²) in [6, 6.07) is 24.8.